The van der Waals surface area contributed by atoms with Crippen LogP contribution in [-0.2, 0) is 24.4 Å². The van der Waals surface area contributed by atoms with Gasteiger partial charge in [-0.2, -0.15) is 18.3 Å². The number of aliphatic carboxylic acids is 1. The summed E-state index contributed by atoms with van der Waals surface area (Å²) in [5.41, 5.74) is 5.06. The van der Waals surface area contributed by atoms with Crippen LogP contribution < -0.4 is 11.1 Å². The summed E-state index contributed by atoms with van der Waals surface area (Å²) in [4.78, 5) is 36.8. The molecule has 38 heavy (non-hydrogen) atoms. The maximum Gasteiger partial charge on any atom is 0.490 e. The molecule has 2 aromatic carbocycles. The van der Waals surface area contributed by atoms with E-state index >= 15 is 0 Å². The number of hydrogen-bond acceptors (Lipinski definition) is 5. The molecule has 2 aliphatic rings. The number of rotatable bonds is 4. The van der Waals surface area contributed by atoms with Crippen molar-refractivity contribution in [3.63, 3.8) is 0 Å². The van der Waals surface area contributed by atoms with Crippen LogP contribution in [0.5, 0.6) is 0 Å². The van der Waals surface area contributed by atoms with Gasteiger partial charge in [-0.15, -0.1) is 0 Å². The SMILES string of the molecule is Cc1ccc(Cn2nc3n(c(=O)c2=O)CC2CN(Cc4cc(C)cc(C)c4)CC32)cc1.O=C(O)C(F)(F)F. The molecule has 5 rings (SSSR count). The lowest BCUT2D eigenvalue weighted by Crippen LogP contribution is -2.44. The molecule has 0 aliphatic carbocycles. The van der Waals surface area contributed by atoms with Crippen LogP contribution in [0.4, 0.5) is 13.2 Å². The highest BCUT2D eigenvalue weighted by atomic mass is 19.4. The smallest absolute Gasteiger partial charge is 0.475 e. The third-order valence-corrected chi connectivity index (χ3v) is 6.81. The first-order chi connectivity index (χ1) is 17.8. The van der Waals surface area contributed by atoms with E-state index in [9.17, 15) is 22.8 Å². The molecule has 11 heteroatoms. The molecule has 0 bridgehead atoms. The molecule has 1 fully saturated rings. The Labute approximate surface area is 217 Å². The number of aryl methyl sites for hydroxylation is 3. The highest BCUT2D eigenvalue weighted by Crippen LogP contribution is 2.37. The van der Waals surface area contributed by atoms with Crippen molar-refractivity contribution in [1.82, 2.24) is 19.2 Å². The van der Waals surface area contributed by atoms with Gasteiger partial charge in [-0.25, -0.2) is 9.48 Å². The van der Waals surface area contributed by atoms with E-state index in [0.717, 1.165) is 36.6 Å². The molecule has 3 aromatic rings. The van der Waals surface area contributed by atoms with E-state index in [0.29, 0.717) is 19.0 Å². The number of fused-ring (bicyclic) bond motifs is 3. The second kappa shape index (κ2) is 10.6. The molecular weight excluding hydrogens is 501 g/mol. The number of carboxylic acids is 1. The molecule has 8 nitrogen and oxygen atoms in total. The predicted molar refractivity (Wildman–Crippen MR) is 134 cm³/mol. The summed E-state index contributed by atoms with van der Waals surface area (Å²) in [5, 5.41) is 11.8. The number of alkyl halides is 3. The number of halogens is 3. The van der Waals surface area contributed by atoms with Gasteiger partial charge in [0.15, 0.2) is 0 Å². The van der Waals surface area contributed by atoms with Crippen molar-refractivity contribution >= 4 is 5.97 Å². The molecule has 3 heterocycles. The van der Waals surface area contributed by atoms with Crippen LogP contribution in [0.2, 0.25) is 0 Å². The Morgan fingerprint density at radius 1 is 0.895 bits per heavy atom. The van der Waals surface area contributed by atoms with Crippen LogP contribution in [0.1, 0.15) is 39.6 Å². The van der Waals surface area contributed by atoms with Crippen molar-refractivity contribution < 1.29 is 23.1 Å². The first-order valence-electron chi connectivity index (χ1n) is 12.2. The Hall–Kier alpha value is -3.73. The van der Waals surface area contributed by atoms with Gasteiger partial charge < -0.3 is 5.11 Å². The monoisotopic (exact) mass is 530 g/mol. The molecule has 2 unspecified atom stereocenters. The van der Waals surface area contributed by atoms with Gasteiger partial charge in [-0.05, 0) is 31.9 Å². The Morgan fingerprint density at radius 2 is 1.50 bits per heavy atom. The van der Waals surface area contributed by atoms with E-state index in [4.69, 9.17) is 9.90 Å². The van der Waals surface area contributed by atoms with Gasteiger partial charge in [0.2, 0.25) is 0 Å². The van der Waals surface area contributed by atoms with E-state index < -0.39 is 23.3 Å². The maximum absolute atomic E-state index is 12.8. The fourth-order valence-corrected chi connectivity index (χ4v) is 5.20. The van der Waals surface area contributed by atoms with Crippen molar-refractivity contribution in [1.29, 1.82) is 0 Å². The lowest BCUT2D eigenvalue weighted by Gasteiger charge is -2.18. The average Bonchev–Trinajstić information content (AvgIpc) is 3.35. The normalized spacial score (nSPS) is 18.5. The molecule has 202 valence electrons. The molecule has 1 saturated heterocycles. The molecule has 2 aliphatic heterocycles. The second-order valence-electron chi connectivity index (χ2n) is 10.1. The van der Waals surface area contributed by atoms with Gasteiger partial charge in [0, 0.05) is 38.0 Å². The number of likely N-dealkylation sites (tertiary alicyclic amines) is 1. The zero-order valence-corrected chi connectivity index (χ0v) is 21.3. The van der Waals surface area contributed by atoms with E-state index in [2.05, 4.69) is 42.0 Å². The van der Waals surface area contributed by atoms with Gasteiger partial charge >= 0.3 is 23.3 Å². The third kappa shape index (κ3) is 6.04. The summed E-state index contributed by atoms with van der Waals surface area (Å²) < 4.78 is 34.7. The largest absolute Gasteiger partial charge is 0.490 e. The number of carbonyl (C=O) groups is 1. The minimum absolute atomic E-state index is 0.198. The van der Waals surface area contributed by atoms with Crippen LogP contribution in [0.15, 0.2) is 52.1 Å². The fourth-order valence-electron chi connectivity index (χ4n) is 5.20. The summed E-state index contributed by atoms with van der Waals surface area (Å²) >= 11 is 0. The Bertz CT molecular complexity index is 1440. The molecule has 0 radical (unpaired) electrons. The number of benzene rings is 2. The Kier molecular flexibility index (Phi) is 7.59. The minimum Gasteiger partial charge on any atom is -0.475 e. The Balaban J connectivity index is 0.000000426. The lowest BCUT2D eigenvalue weighted by molar-refractivity contribution is -0.192. The summed E-state index contributed by atoms with van der Waals surface area (Å²) in [6.07, 6.45) is -5.08. The molecule has 0 saturated carbocycles. The number of nitrogens with zero attached hydrogens (tertiary/aromatic N) is 4. The molecule has 1 aromatic heterocycles. The first kappa shape index (κ1) is 27.3. The molecule has 0 spiro atoms. The highest BCUT2D eigenvalue weighted by Gasteiger charge is 2.42. The standard InChI is InChI=1S/C25H28N4O2.C2HF3O2/c1-16-4-6-19(7-5-16)12-29-25(31)24(30)28-14-21-13-27(15-22(21)23(28)26-29)11-20-9-17(2)8-18(3)10-20;3-2(4,5)1(6)7/h4-10,21-22H,11-15H2,1-3H3;(H,6,7). The highest BCUT2D eigenvalue weighted by molar-refractivity contribution is 5.73. The summed E-state index contributed by atoms with van der Waals surface area (Å²) in [7, 11) is 0. The topological polar surface area (TPSA) is 97.4 Å². The number of hydrogen-bond donors (Lipinski definition) is 1. The quantitative estimate of drug-likeness (QED) is 0.521. The van der Waals surface area contributed by atoms with Crippen LogP contribution >= 0.6 is 0 Å². The molecule has 1 N–H and O–H groups in total. The van der Waals surface area contributed by atoms with Crippen LogP contribution in [0.25, 0.3) is 0 Å². The predicted octanol–water partition coefficient (Wildman–Crippen LogP) is 3.24. The van der Waals surface area contributed by atoms with Crippen LogP contribution in [-0.4, -0.2) is 49.6 Å². The fraction of sp³-hybridized carbons (Fsp3) is 0.407. The van der Waals surface area contributed by atoms with Crippen molar-refractivity contribution in [3.05, 3.63) is 96.8 Å². The van der Waals surface area contributed by atoms with E-state index in [1.807, 2.05) is 31.2 Å². The van der Waals surface area contributed by atoms with E-state index in [1.165, 1.54) is 21.4 Å². The van der Waals surface area contributed by atoms with Gasteiger partial charge in [-0.3, -0.25) is 19.1 Å². The van der Waals surface area contributed by atoms with E-state index in [-0.39, 0.29) is 5.92 Å². The van der Waals surface area contributed by atoms with Gasteiger partial charge in [0.05, 0.1) is 6.54 Å². The second-order valence-corrected chi connectivity index (χ2v) is 10.1. The average molecular weight is 531 g/mol. The molecular formula is C27H29F3N4O4. The van der Waals surface area contributed by atoms with Crippen LogP contribution in [0, 0.1) is 26.7 Å². The Morgan fingerprint density at radius 3 is 2.08 bits per heavy atom. The van der Waals surface area contributed by atoms with Crippen molar-refractivity contribution in [2.24, 2.45) is 5.92 Å². The van der Waals surface area contributed by atoms with E-state index in [1.54, 1.807) is 4.57 Å². The lowest BCUT2D eigenvalue weighted by atomic mass is 10.00. The van der Waals surface area contributed by atoms with Crippen molar-refractivity contribution in [2.75, 3.05) is 13.1 Å². The first-order valence-corrected chi connectivity index (χ1v) is 12.2. The van der Waals surface area contributed by atoms with Crippen LogP contribution in [0.3, 0.4) is 0 Å². The number of aromatic nitrogens is 3. The third-order valence-electron chi connectivity index (χ3n) is 6.81. The zero-order valence-electron chi connectivity index (χ0n) is 21.3. The van der Waals surface area contributed by atoms with Gasteiger partial charge in [-0.1, -0.05) is 59.2 Å². The summed E-state index contributed by atoms with van der Waals surface area (Å²) in [5.74, 6) is -1.46. The van der Waals surface area contributed by atoms with Crippen molar-refractivity contribution in [3.8, 4) is 0 Å². The minimum atomic E-state index is -5.08. The van der Waals surface area contributed by atoms with Gasteiger partial charge in [0.25, 0.3) is 0 Å². The number of carboxylic acid groups (broad SMARTS) is 1. The molecule has 0 amide bonds. The summed E-state index contributed by atoms with van der Waals surface area (Å²) in [6.45, 7) is 9.91. The van der Waals surface area contributed by atoms with Crippen molar-refractivity contribution in [2.45, 2.75) is 52.5 Å². The van der Waals surface area contributed by atoms with Gasteiger partial charge in [0.1, 0.15) is 5.82 Å². The summed E-state index contributed by atoms with van der Waals surface area (Å²) in [6, 6.07) is 14.7. The molecule has 2 atom stereocenters. The maximum atomic E-state index is 12.8. The zero-order chi connectivity index (χ0) is 27.8.